The molecule has 0 fully saturated rings. The Balaban J connectivity index is 2.78. The largest absolute Gasteiger partial charge is 0.479 e. The molecular formula is C15H18Cl2N2O3. The summed E-state index contributed by atoms with van der Waals surface area (Å²) in [5.41, 5.74) is -0.771. The van der Waals surface area contributed by atoms with Gasteiger partial charge in [-0.2, -0.15) is 0 Å². The van der Waals surface area contributed by atoms with Crippen LogP contribution < -0.4 is 10.1 Å². The van der Waals surface area contributed by atoms with E-state index in [1.165, 1.54) is 12.3 Å². The lowest BCUT2D eigenvalue weighted by Gasteiger charge is -2.24. The number of aromatic nitrogens is 1. The maximum absolute atomic E-state index is 12.3. The Hall–Kier alpha value is -1.48. The first-order valence-corrected chi connectivity index (χ1v) is 7.45. The molecule has 7 heteroatoms. The summed E-state index contributed by atoms with van der Waals surface area (Å²) >= 11 is 11.6. The molecule has 5 nitrogen and oxygen atoms in total. The molecule has 2 N–H and O–H groups in total. The van der Waals surface area contributed by atoms with Gasteiger partial charge in [0.05, 0.1) is 16.8 Å². The molecule has 1 heterocycles. The number of aliphatic hydroxyl groups excluding tert-OH is 1. The maximum atomic E-state index is 12.3. The first-order chi connectivity index (χ1) is 10.3. The number of carbonyl (C=O) groups is 1. The number of nitrogens with zero attached hydrogens (tertiary/aromatic N) is 1. The lowest BCUT2D eigenvalue weighted by atomic mass is 10.1. The molecule has 0 aliphatic heterocycles. The number of amides is 1. The van der Waals surface area contributed by atoms with Crippen LogP contribution in [0.25, 0.3) is 0 Å². The van der Waals surface area contributed by atoms with Crippen molar-refractivity contribution in [1.82, 2.24) is 10.3 Å². The van der Waals surface area contributed by atoms with Crippen LogP contribution in [-0.4, -0.2) is 34.2 Å². The Morgan fingerprint density at radius 1 is 1.55 bits per heavy atom. The third kappa shape index (κ3) is 5.72. The van der Waals surface area contributed by atoms with E-state index in [0.29, 0.717) is 12.2 Å². The second kappa shape index (κ2) is 8.23. The number of halogens is 2. The fourth-order valence-electron chi connectivity index (χ4n) is 1.63. The molecule has 0 bridgehead atoms. The lowest BCUT2D eigenvalue weighted by Crippen LogP contribution is -2.48. The summed E-state index contributed by atoms with van der Waals surface area (Å²) in [6.45, 7) is 5.03. The van der Waals surface area contributed by atoms with Crippen LogP contribution in [0, 0.1) is 11.8 Å². The quantitative estimate of drug-likeness (QED) is 0.635. The predicted molar refractivity (Wildman–Crippen MR) is 86.0 cm³/mol. The number of carbonyl (C=O) groups excluding carboxylic acids is 1. The van der Waals surface area contributed by atoms with E-state index in [-0.39, 0.29) is 22.7 Å². The van der Waals surface area contributed by atoms with Gasteiger partial charge >= 0.3 is 0 Å². The number of pyridine rings is 1. The van der Waals surface area contributed by atoms with Gasteiger partial charge in [0.1, 0.15) is 17.5 Å². The van der Waals surface area contributed by atoms with Gasteiger partial charge in [0.25, 0.3) is 5.91 Å². The van der Waals surface area contributed by atoms with Crippen LogP contribution >= 0.6 is 23.2 Å². The minimum absolute atomic E-state index is 0.173. The van der Waals surface area contributed by atoms with Crippen molar-refractivity contribution < 1.29 is 14.6 Å². The van der Waals surface area contributed by atoms with E-state index < -0.39 is 11.6 Å². The molecule has 1 atom stereocenters. The molecule has 1 unspecified atom stereocenters. The zero-order chi connectivity index (χ0) is 16.8. The Labute approximate surface area is 140 Å². The summed E-state index contributed by atoms with van der Waals surface area (Å²) in [4.78, 5) is 16.1. The summed E-state index contributed by atoms with van der Waals surface area (Å²) < 4.78 is 5.60. The van der Waals surface area contributed by atoms with Crippen molar-refractivity contribution in [3.05, 3.63) is 22.4 Å². The summed E-state index contributed by atoms with van der Waals surface area (Å²) in [6, 6.07) is 1.50. The summed E-state index contributed by atoms with van der Waals surface area (Å²) in [7, 11) is 0. The average molecular weight is 345 g/mol. The third-order valence-corrected chi connectivity index (χ3v) is 3.31. The van der Waals surface area contributed by atoms with Crippen LogP contribution in [-0.2, 0) is 4.79 Å². The van der Waals surface area contributed by atoms with Gasteiger partial charge in [0.2, 0.25) is 0 Å². The van der Waals surface area contributed by atoms with Crippen molar-refractivity contribution in [2.45, 2.75) is 38.8 Å². The molecule has 1 aromatic rings. The van der Waals surface area contributed by atoms with Crippen LogP contribution in [0.3, 0.4) is 0 Å². The van der Waals surface area contributed by atoms with E-state index in [0.717, 1.165) is 0 Å². The zero-order valence-corrected chi connectivity index (χ0v) is 14.1. The third-order valence-electron chi connectivity index (χ3n) is 2.63. The van der Waals surface area contributed by atoms with E-state index in [9.17, 15) is 4.79 Å². The van der Waals surface area contributed by atoms with Crippen LogP contribution in [0.15, 0.2) is 12.3 Å². The van der Waals surface area contributed by atoms with E-state index in [1.54, 1.807) is 13.8 Å². The first kappa shape index (κ1) is 18.6. The topological polar surface area (TPSA) is 71.5 Å². The fourth-order valence-corrected chi connectivity index (χ4v) is 1.89. The molecule has 120 valence electrons. The Bertz CT molecular complexity index is 594. The van der Waals surface area contributed by atoms with Gasteiger partial charge in [0.15, 0.2) is 6.10 Å². The van der Waals surface area contributed by atoms with Gasteiger partial charge in [-0.25, -0.2) is 4.98 Å². The van der Waals surface area contributed by atoms with E-state index in [1.807, 2.05) is 6.92 Å². The Morgan fingerprint density at radius 3 is 2.77 bits per heavy atom. The Kier molecular flexibility index (Phi) is 6.95. The average Bonchev–Trinajstić information content (AvgIpc) is 2.45. The van der Waals surface area contributed by atoms with Gasteiger partial charge in [-0.15, -0.1) is 0 Å². The first-order valence-electron chi connectivity index (χ1n) is 6.69. The molecule has 0 aromatic carbocycles. The smallest absolute Gasteiger partial charge is 0.262 e. The van der Waals surface area contributed by atoms with Crippen molar-refractivity contribution in [3.63, 3.8) is 0 Å². The van der Waals surface area contributed by atoms with Crippen molar-refractivity contribution in [3.8, 4) is 17.6 Å². The lowest BCUT2D eigenvalue weighted by molar-refractivity contribution is -0.129. The van der Waals surface area contributed by atoms with Gasteiger partial charge in [-0.3, -0.25) is 4.79 Å². The molecule has 0 aliphatic carbocycles. The highest BCUT2D eigenvalue weighted by atomic mass is 35.5. The van der Waals surface area contributed by atoms with Crippen LogP contribution in [0.1, 0.15) is 27.2 Å². The standard InChI is InChI=1S/C15H18Cl2N2O3/c1-4-12(14(21)19-15(2,3)6-5-7-20)22-10-8-11(16)13(17)18-9-10/h8-9,12,20H,4,7H2,1-3H3,(H,19,21). The van der Waals surface area contributed by atoms with Gasteiger partial charge < -0.3 is 15.2 Å². The van der Waals surface area contributed by atoms with Crippen LogP contribution in [0.5, 0.6) is 5.75 Å². The highest BCUT2D eigenvalue weighted by molar-refractivity contribution is 6.41. The second-order valence-electron chi connectivity index (χ2n) is 5.03. The van der Waals surface area contributed by atoms with Gasteiger partial charge in [-0.05, 0) is 20.3 Å². The fraction of sp³-hybridized carbons (Fsp3) is 0.467. The predicted octanol–water partition coefficient (Wildman–Crippen LogP) is 2.44. The SMILES string of the molecule is CCC(Oc1cnc(Cl)c(Cl)c1)C(=O)NC(C)(C)C#CCO. The van der Waals surface area contributed by atoms with E-state index >= 15 is 0 Å². The molecule has 0 aliphatic rings. The molecule has 1 amide bonds. The highest BCUT2D eigenvalue weighted by Gasteiger charge is 2.25. The van der Waals surface area contributed by atoms with Crippen molar-refractivity contribution >= 4 is 29.1 Å². The minimum atomic E-state index is -0.771. The maximum Gasteiger partial charge on any atom is 0.262 e. The van der Waals surface area contributed by atoms with Gasteiger partial charge in [-0.1, -0.05) is 42.0 Å². The van der Waals surface area contributed by atoms with Crippen molar-refractivity contribution in [2.75, 3.05) is 6.61 Å². The summed E-state index contributed by atoms with van der Waals surface area (Å²) in [6.07, 6.45) is 1.14. The number of nitrogens with one attached hydrogen (secondary N) is 1. The normalized spacial score (nSPS) is 12.1. The Morgan fingerprint density at radius 2 is 2.23 bits per heavy atom. The molecular weight excluding hydrogens is 327 g/mol. The number of hydrogen-bond acceptors (Lipinski definition) is 4. The van der Waals surface area contributed by atoms with Crippen molar-refractivity contribution in [1.29, 1.82) is 0 Å². The summed E-state index contributed by atoms with van der Waals surface area (Å²) in [5, 5.41) is 11.9. The van der Waals surface area contributed by atoms with E-state index in [2.05, 4.69) is 22.1 Å². The second-order valence-corrected chi connectivity index (χ2v) is 5.80. The number of rotatable bonds is 5. The zero-order valence-electron chi connectivity index (χ0n) is 12.6. The van der Waals surface area contributed by atoms with Crippen LogP contribution in [0.2, 0.25) is 10.2 Å². The molecule has 0 saturated heterocycles. The summed E-state index contributed by atoms with van der Waals surface area (Å²) in [5.74, 6) is 5.33. The molecule has 1 rings (SSSR count). The molecule has 1 aromatic heterocycles. The number of ether oxygens (including phenoxy) is 1. The molecule has 0 saturated carbocycles. The molecule has 0 radical (unpaired) electrons. The van der Waals surface area contributed by atoms with Gasteiger partial charge in [0, 0.05) is 6.07 Å². The molecule has 0 spiro atoms. The number of hydrogen-bond donors (Lipinski definition) is 2. The van der Waals surface area contributed by atoms with Crippen molar-refractivity contribution in [2.24, 2.45) is 0 Å². The van der Waals surface area contributed by atoms with Crippen LogP contribution in [0.4, 0.5) is 0 Å². The highest BCUT2D eigenvalue weighted by Crippen LogP contribution is 2.24. The number of aliphatic hydroxyl groups is 1. The van der Waals surface area contributed by atoms with E-state index in [4.69, 9.17) is 33.0 Å². The molecule has 22 heavy (non-hydrogen) atoms. The minimum Gasteiger partial charge on any atom is -0.479 e. The monoisotopic (exact) mass is 344 g/mol.